The summed E-state index contributed by atoms with van der Waals surface area (Å²) in [6.45, 7) is 3.50. The lowest BCUT2D eigenvalue weighted by Gasteiger charge is -2.16. The number of aromatic nitrogens is 4. The predicted molar refractivity (Wildman–Crippen MR) is 80.7 cm³/mol. The minimum Gasteiger partial charge on any atom is -0.493 e. The number of likely N-dealkylation sites (N-methyl/N-ethyl adjacent to an activating group) is 1. The first kappa shape index (κ1) is 15.9. The second kappa shape index (κ2) is 6.97. The molecule has 2 aromatic heterocycles. The Morgan fingerprint density at radius 1 is 1.48 bits per heavy atom. The minimum atomic E-state index is -0.820. The molecule has 0 aliphatic carbocycles. The zero-order chi connectivity index (χ0) is 15.4. The van der Waals surface area contributed by atoms with Gasteiger partial charge in [-0.15, -0.1) is 5.10 Å². The van der Waals surface area contributed by atoms with Gasteiger partial charge in [-0.05, 0) is 32.0 Å². The third-order valence-electron chi connectivity index (χ3n) is 3.25. The molecule has 0 aliphatic rings. The van der Waals surface area contributed by atoms with E-state index in [9.17, 15) is 5.11 Å². The molecule has 2 rings (SSSR count). The van der Waals surface area contributed by atoms with Crippen molar-refractivity contribution in [2.45, 2.75) is 26.0 Å². The Balaban J connectivity index is 2.34. The number of aryl methyl sites for hydroxylation is 1. The lowest BCUT2D eigenvalue weighted by Crippen LogP contribution is -2.21. The van der Waals surface area contributed by atoms with E-state index in [1.807, 2.05) is 21.0 Å². The van der Waals surface area contributed by atoms with Crippen molar-refractivity contribution >= 4 is 11.5 Å². The van der Waals surface area contributed by atoms with Gasteiger partial charge in [0, 0.05) is 6.54 Å². The molecule has 0 bridgehead atoms. The minimum absolute atomic E-state index is 0.580. The van der Waals surface area contributed by atoms with Gasteiger partial charge in [0.25, 0.3) is 0 Å². The molecule has 1 unspecified atom stereocenters. The maximum absolute atomic E-state index is 10.7. The normalized spacial score (nSPS) is 12.9. The fourth-order valence-corrected chi connectivity index (χ4v) is 2.81. The van der Waals surface area contributed by atoms with Crippen LogP contribution in [-0.4, -0.2) is 57.1 Å². The first-order valence-corrected chi connectivity index (χ1v) is 7.59. The molecule has 2 heterocycles. The number of methoxy groups -OCH3 is 1. The third-order valence-corrected chi connectivity index (χ3v) is 4.07. The molecule has 8 heteroatoms. The zero-order valence-electron chi connectivity index (χ0n) is 12.8. The van der Waals surface area contributed by atoms with Crippen molar-refractivity contribution in [2.75, 3.05) is 27.7 Å². The fourth-order valence-electron chi connectivity index (χ4n) is 2.08. The summed E-state index contributed by atoms with van der Waals surface area (Å²) in [5.41, 5.74) is 1.47. The Bertz CT molecular complexity index is 581. The van der Waals surface area contributed by atoms with E-state index in [1.165, 1.54) is 11.5 Å². The topological polar surface area (TPSA) is 76.3 Å². The molecular formula is C13H21N5O2S. The first-order valence-electron chi connectivity index (χ1n) is 6.82. The van der Waals surface area contributed by atoms with E-state index >= 15 is 0 Å². The summed E-state index contributed by atoms with van der Waals surface area (Å²) in [4.78, 5) is 2.82. The fraction of sp³-hybridized carbons (Fsp3) is 0.615. The predicted octanol–water partition coefficient (Wildman–Crippen LogP) is 0.949. The van der Waals surface area contributed by atoms with Gasteiger partial charge in [0.15, 0.2) is 5.75 Å². The molecule has 0 radical (unpaired) electrons. The summed E-state index contributed by atoms with van der Waals surface area (Å²) < 4.78 is 11.0. The highest BCUT2D eigenvalue weighted by atomic mass is 32.1. The number of nitrogens with zero attached hydrogens (tertiary/aromatic N) is 5. The second-order valence-corrected chi connectivity index (χ2v) is 5.75. The summed E-state index contributed by atoms with van der Waals surface area (Å²) in [7, 11) is 5.58. The number of hydrogen-bond acceptors (Lipinski definition) is 7. The lowest BCUT2D eigenvalue weighted by molar-refractivity contribution is 0.202. The van der Waals surface area contributed by atoms with Crippen molar-refractivity contribution in [1.82, 2.24) is 24.3 Å². The largest absolute Gasteiger partial charge is 0.493 e. The molecular weight excluding hydrogens is 290 g/mol. The highest BCUT2D eigenvalue weighted by Gasteiger charge is 2.25. The van der Waals surface area contributed by atoms with Crippen LogP contribution in [0.15, 0.2) is 6.20 Å². The summed E-state index contributed by atoms with van der Waals surface area (Å²) in [6, 6.07) is 0. The van der Waals surface area contributed by atoms with Gasteiger partial charge in [0.05, 0.1) is 30.4 Å². The number of ether oxygens (including phenoxy) is 1. The van der Waals surface area contributed by atoms with Crippen molar-refractivity contribution in [3.8, 4) is 5.75 Å². The Morgan fingerprint density at radius 3 is 2.86 bits per heavy atom. The smallest absolute Gasteiger partial charge is 0.163 e. The van der Waals surface area contributed by atoms with Gasteiger partial charge in [-0.2, -0.15) is 5.10 Å². The molecule has 1 atom stereocenters. The third kappa shape index (κ3) is 3.39. The quantitative estimate of drug-likeness (QED) is 0.820. The molecule has 7 nitrogen and oxygen atoms in total. The maximum Gasteiger partial charge on any atom is 0.163 e. The summed E-state index contributed by atoms with van der Waals surface area (Å²) in [5.74, 6) is 0.580. The second-order valence-electron chi connectivity index (χ2n) is 4.96. The standard InChI is InChI=1S/C13H21N5O2S/c1-5-9-13(21-16-15-9)12(19)11-10(20-4)8-14-18(11)7-6-17(2)3/h8,12,19H,5-7H2,1-4H3. The van der Waals surface area contributed by atoms with Gasteiger partial charge < -0.3 is 14.7 Å². The van der Waals surface area contributed by atoms with E-state index in [2.05, 4.69) is 19.6 Å². The molecule has 2 aromatic rings. The summed E-state index contributed by atoms with van der Waals surface area (Å²) in [5, 5.41) is 19.1. The van der Waals surface area contributed by atoms with E-state index < -0.39 is 6.10 Å². The van der Waals surface area contributed by atoms with Gasteiger partial charge in [-0.25, -0.2) is 0 Å². The van der Waals surface area contributed by atoms with Crippen LogP contribution in [-0.2, 0) is 13.0 Å². The molecule has 116 valence electrons. The van der Waals surface area contributed by atoms with Gasteiger partial charge >= 0.3 is 0 Å². The van der Waals surface area contributed by atoms with E-state index in [4.69, 9.17) is 4.74 Å². The molecule has 0 aromatic carbocycles. The molecule has 21 heavy (non-hydrogen) atoms. The van der Waals surface area contributed by atoms with Crippen LogP contribution < -0.4 is 4.74 Å². The van der Waals surface area contributed by atoms with Crippen molar-refractivity contribution in [1.29, 1.82) is 0 Å². The number of aliphatic hydroxyl groups is 1. The van der Waals surface area contributed by atoms with Crippen LogP contribution in [0.2, 0.25) is 0 Å². The first-order chi connectivity index (χ1) is 10.1. The molecule has 1 N–H and O–H groups in total. The average molecular weight is 311 g/mol. The maximum atomic E-state index is 10.7. The van der Waals surface area contributed by atoms with Crippen molar-refractivity contribution < 1.29 is 9.84 Å². The number of rotatable bonds is 7. The monoisotopic (exact) mass is 311 g/mol. The van der Waals surface area contributed by atoms with Crippen LogP contribution in [0, 0.1) is 0 Å². The summed E-state index contributed by atoms with van der Waals surface area (Å²) in [6.07, 6.45) is 1.55. The highest BCUT2D eigenvalue weighted by Crippen LogP contribution is 2.33. The zero-order valence-corrected chi connectivity index (χ0v) is 13.6. The van der Waals surface area contributed by atoms with E-state index in [0.29, 0.717) is 18.0 Å². The van der Waals surface area contributed by atoms with Crippen LogP contribution in [0.5, 0.6) is 5.75 Å². The lowest BCUT2D eigenvalue weighted by atomic mass is 10.1. The van der Waals surface area contributed by atoms with Gasteiger partial charge in [-0.3, -0.25) is 4.68 Å². The Labute approximate surface area is 128 Å². The van der Waals surface area contributed by atoms with Crippen molar-refractivity contribution in [2.24, 2.45) is 0 Å². The molecule has 0 saturated carbocycles. The number of aliphatic hydroxyl groups excluding tert-OH is 1. The Hall–Kier alpha value is -1.51. The highest BCUT2D eigenvalue weighted by molar-refractivity contribution is 7.05. The molecule has 0 saturated heterocycles. The SMILES string of the molecule is CCc1nnsc1C(O)c1c(OC)cnn1CCN(C)C. The molecule has 0 spiro atoms. The Morgan fingerprint density at radius 2 is 2.24 bits per heavy atom. The molecule has 0 fully saturated rings. The van der Waals surface area contributed by atoms with Crippen LogP contribution in [0.3, 0.4) is 0 Å². The number of hydrogen-bond donors (Lipinski definition) is 1. The summed E-state index contributed by atoms with van der Waals surface area (Å²) >= 11 is 1.21. The molecule has 0 amide bonds. The van der Waals surface area contributed by atoms with Crippen LogP contribution in [0.25, 0.3) is 0 Å². The van der Waals surface area contributed by atoms with Crippen LogP contribution in [0.1, 0.15) is 29.3 Å². The van der Waals surface area contributed by atoms with Gasteiger partial charge in [0.1, 0.15) is 11.8 Å². The van der Waals surface area contributed by atoms with Gasteiger partial charge in [-0.1, -0.05) is 11.4 Å². The van der Waals surface area contributed by atoms with E-state index in [1.54, 1.807) is 18.0 Å². The Kier molecular flexibility index (Phi) is 5.27. The van der Waals surface area contributed by atoms with Crippen LogP contribution >= 0.6 is 11.5 Å². The van der Waals surface area contributed by atoms with Crippen molar-refractivity contribution in [3.05, 3.63) is 22.5 Å². The van der Waals surface area contributed by atoms with Crippen LogP contribution in [0.4, 0.5) is 0 Å². The van der Waals surface area contributed by atoms with E-state index in [-0.39, 0.29) is 0 Å². The van der Waals surface area contributed by atoms with Gasteiger partial charge in [0.2, 0.25) is 0 Å². The van der Waals surface area contributed by atoms with E-state index in [0.717, 1.165) is 23.5 Å². The average Bonchev–Trinajstić information content (AvgIpc) is 3.10. The molecule has 0 aliphatic heterocycles. The van der Waals surface area contributed by atoms with Crippen molar-refractivity contribution in [3.63, 3.8) is 0 Å².